The van der Waals surface area contributed by atoms with Gasteiger partial charge in [-0.15, -0.1) is 0 Å². The minimum absolute atomic E-state index is 0.0354. The van der Waals surface area contributed by atoms with E-state index in [4.69, 9.17) is 13.9 Å². The molecule has 0 N–H and O–H groups in total. The van der Waals surface area contributed by atoms with Crippen LogP contribution < -0.4 is 10.4 Å². The fourth-order valence-corrected chi connectivity index (χ4v) is 4.01. The van der Waals surface area contributed by atoms with Crippen molar-refractivity contribution in [1.82, 2.24) is 9.80 Å². The number of rotatable bonds is 4. The number of benzene rings is 1. The van der Waals surface area contributed by atoms with Gasteiger partial charge < -0.3 is 23.7 Å². The lowest BCUT2D eigenvalue weighted by molar-refractivity contribution is -0.145. The second-order valence-corrected chi connectivity index (χ2v) is 7.75. The van der Waals surface area contributed by atoms with E-state index in [-0.39, 0.29) is 17.7 Å². The summed E-state index contributed by atoms with van der Waals surface area (Å²) in [5, 5.41) is 0.785. The van der Waals surface area contributed by atoms with Gasteiger partial charge in [-0.05, 0) is 38.0 Å². The zero-order chi connectivity index (χ0) is 21.1. The molecule has 2 aromatic rings. The minimum atomic E-state index is -0.677. The van der Waals surface area contributed by atoms with Crippen LogP contribution >= 0.6 is 0 Å². The molecule has 2 aliphatic rings. The summed E-state index contributed by atoms with van der Waals surface area (Å²) in [7, 11) is 0. The Morgan fingerprint density at radius 1 is 1.03 bits per heavy atom. The topological polar surface area (TPSA) is 89.3 Å². The molecule has 160 valence electrons. The lowest BCUT2D eigenvalue weighted by atomic mass is 9.95. The molecule has 4 rings (SSSR count). The van der Waals surface area contributed by atoms with Crippen LogP contribution in [-0.4, -0.2) is 67.1 Å². The minimum Gasteiger partial charge on any atom is -0.481 e. The fraction of sp³-hybridized carbons (Fsp3) is 0.500. The highest BCUT2D eigenvalue weighted by molar-refractivity contribution is 5.83. The third kappa shape index (κ3) is 4.48. The Labute approximate surface area is 174 Å². The summed E-state index contributed by atoms with van der Waals surface area (Å²) in [5.41, 5.74) is -0.0136. The summed E-state index contributed by atoms with van der Waals surface area (Å²) >= 11 is 0. The van der Waals surface area contributed by atoms with Crippen molar-refractivity contribution in [1.29, 1.82) is 0 Å². The van der Waals surface area contributed by atoms with Crippen molar-refractivity contribution >= 4 is 22.8 Å². The number of amides is 2. The average molecular weight is 414 g/mol. The summed E-state index contributed by atoms with van der Waals surface area (Å²) in [6, 6.07) is 8.20. The predicted octanol–water partition coefficient (Wildman–Crippen LogP) is 1.66. The summed E-state index contributed by atoms with van der Waals surface area (Å²) in [6.07, 6.45) is 0.648. The monoisotopic (exact) mass is 414 g/mol. The van der Waals surface area contributed by atoms with Gasteiger partial charge >= 0.3 is 5.63 Å². The van der Waals surface area contributed by atoms with Gasteiger partial charge in [-0.3, -0.25) is 9.59 Å². The predicted molar refractivity (Wildman–Crippen MR) is 109 cm³/mol. The Hall–Kier alpha value is -2.87. The van der Waals surface area contributed by atoms with Crippen molar-refractivity contribution in [3.8, 4) is 5.75 Å². The third-order valence-electron chi connectivity index (χ3n) is 5.73. The Kier molecular flexibility index (Phi) is 6.03. The van der Waals surface area contributed by atoms with Gasteiger partial charge in [0.25, 0.3) is 5.91 Å². The molecule has 0 bridgehead atoms. The molecule has 0 spiro atoms. The van der Waals surface area contributed by atoms with Gasteiger partial charge in [-0.1, -0.05) is 0 Å². The number of ether oxygens (including phenoxy) is 2. The SMILES string of the molecule is CC(Oc1ccc2ccc(=O)oc2c1)C(=O)N1CCC(C(=O)N2CCOCC2)CC1. The molecule has 30 heavy (non-hydrogen) atoms. The first kappa shape index (κ1) is 20.4. The highest BCUT2D eigenvalue weighted by Gasteiger charge is 2.32. The van der Waals surface area contributed by atoms with Crippen molar-refractivity contribution in [3.63, 3.8) is 0 Å². The van der Waals surface area contributed by atoms with Crippen LogP contribution in [0, 0.1) is 5.92 Å². The van der Waals surface area contributed by atoms with E-state index in [1.807, 2.05) is 4.90 Å². The molecule has 0 saturated carbocycles. The Balaban J connectivity index is 1.32. The van der Waals surface area contributed by atoms with Crippen molar-refractivity contribution in [2.45, 2.75) is 25.9 Å². The quantitative estimate of drug-likeness (QED) is 0.707. The van der Waals surface area contributed by atoms with E-state index in [0.29, 0.717) is 63.6 Å². The number of carbonyl (C=O) groups excluding carboxylic acids is 2. The Morgan fingerprint density at radius 3 is 2.47 bits per heavy atom. The number of nitrogens with zero attached hydrogens (tertiary/aromatic N) is 2. The number of morpholine rings is 1. The van der Waals surface area contributed by atoms with Crippen LogP contribution in [0.15, 0.2) is 39.5 Å². The molecule has 1 unspecified atom stereocenters. The van der Waals surface area contributed by atoms with Crippen LogP contribution in [0.2, 0.25) is 0 Å². The van der Waals surface area contributed by atoms with E-state index in [0.717, 1.165) is 5.39 Å². The van der Waals surface area contributed by atoms with Crippen LogP contribution in [0.1, 0.15) is 19.8 Å². The molecule has 0 radical (unpaired) electrons. The first-order valence-corrected chi connectivity index (χ1v) is 10.4. The summed E-state index contributed by atoms with van der Waals surface area (Å²) in [6.45, 7) is 5.27. The summed E-state index contributed by atoms with van der Waals surface area (Å²) in [5.74, 6) is 0.496. The average Bonchev–Trinajstić information content (AvgIpc) is 2.78. The molecule has 0 aliphatic carbocycles. The number of carbonyl (C=O) groups is 2. The molecule has 1 aromatic heterocycles. The van der Waals surface area contributed by atoms with Crippen molar-refractivity contribution in [2.24, 2.45) is 5.92 Å². The second-order valence-electron chi connectivity index (χ2n) is 7.75. The standard InChI is InChI=1S/C22H26N2O6/c1-15(29-18-4-2-16-3-5-20(25)30-19(16)14-18)21(26)23-8-6-17(7-9-23)22(27)24-10-12-28-13-11-24/h2-5,14-15,17H,6-13H2,1H3. The molecule has 2 fully saturated rings. The van der Waals surface area contributed by atoms with Crippen molar-refractivity contribution in [2.75, 3.05) is 39.4 Å². The van der Waals surface area contributed by atoms with Gasteiger partial charge in [0.05, 0.1) is 13.2 Å². The Bertz CT molecular complexity index is 973. The maximum Gasteiger partial charge on any atom is 0.336 e. The van der Waals surface area contributed by atoms with Gasteiger partial charge in [0.1, 0.15) is 11.3 Å². The Morgan fingerprint density at radius 2 is 1.73 bits per heavy atom. The molecule has 2 amide bonds. The van der Waals surface area contributed by atoms with Gasteiger partial charge in [0, 0.05) is 49.6 Å². The van der Waals surface area contributed by atoms with Gasteiger partial charge in [0.2, 0.25) is 5.91 Å². The van der Waals surface area contributed by atoms with E-state index in [9.17, 15) is 14.4 Å². The lowest BCUT2D eigenvalue weighted by Gasteiger charge is -2.36. The molecular weight excluding hydrogens is 388 g/mol. The molecule has 1 aromatic carbocycles. The maximum absolute atomic E-state index is 12.8. The molecule has 2 aliphatic heterocycles. The summed E-state index contributed by atoms with van der Waals surface area (Å²) in [4.78, 5) is 40.5. The van der Waals surface area contributed by atoms with Crippen molar-refractivity contribution < 1.29 is 23.5 Å². The highest BCUT2D eigenvalue weighted by Crippen LogP contribution is 2.23. The van der Waals surface area contributed by atoms with E-state index in [1.165, 1.54) is 6.07 Å². The van der Waals surface area contributed by atoms with Crippen molar-refractivity contribution in [3.05, 3.63) is 40.8 Å². The maximum atomic E-state index is 12.8. The molecule has 8 nitrogen and oxygen atoms in total. The zero-order valence-electron chi connectivity index (χ0n) is 17.0. The number of piperidine rings is 1. The van der Waals surface area contributed by atoms with Gasteiger partial charge in [-0.25, -0.2) is 4.79 Å². The van der Waals surface area contributed by atoms with Crippen LogP contribution in [-0.2, 0) is 14.3 Å². The van der Waals surface area contributed by atoms with E-state index in [1.54, 1.807) is 36.1 Å². The first-order chi connectivity index (χ1) is 14.5. The molecule has 8 heteroatoms. The first-order valence-electron chi connectivity index (χ1n) is 10.4. The third-order valence-corrected chi connectivity index (χ3v) is 5.73. The van der Waals surface area contributed by atoms with Crippen LogP contribution in [0.3, 0.4) is 0 Å². The normalized spacial score (nSPS) is 19.0. The molecule has 2 saturated heterocycles. The van der Waals surface area contributed by atoms with Crippen LogP contribution in [0.4, 0.5) is 0 Å². The van der Waals surface area contributed by atoms with E-state index in [2.05, 4.69) is 0 Å². The number of hydrogen-bond acceptors (Lipinski definition) is 6. The second kappa shape index (κ2) is 8.87. The highest BCUT2D eigenvalue weighted by atomic mass is 16.5. The van der Waals surface area contributed by atoms with Crippen LogP contribution in [0.5, 0.6) is 5.75 Å². The summed E-state index contributed by atoms with van der Waals surface area (Å²) < 4.78 is 16.3. The largest absolute Gasteiger partial charge is 0.481 e. The smallest absolute Gasteiger partial charge is 0.336 e. The molecule has 3 heterocycles. The van der Waals surface area contributed by atoms with E-state index >= 15 is 0 Å². The fourth-order valence-electron chi connectivity index (χ4n) is 4.01. The number of likely N-dealkylation sites (tertiary alicyclic amines) is 1. The zero-order valence-corrected chi connectivity index (χ0v) is 17.0. The van der Waals surface area contributed by atoms with Gasteiger partial charge in [-0.2, -0.15) is 0 Å². The number of hydrogen-bond donors (Lipinski definition) is 0. The van der Waals surface area contributed by atoms with Crippen LogP contribution in [0.25, 0.3) is 11.0 Å². The molecular formula is C22H26N2O6. The molecule has 1 atom stereocenters. The van der Waals surface area contributed by atoms with E-state index < -0.39 is 11.7 Å². The van der Waals surface area contributed by atoms with Gasteiger partial charge in [0.15, 0.2) is 6.10 Å². The lowest BCUT2D eigenvalue weighted by Crippen LogP contribution is -2.49. The number of fused-ring (bicyclic) bond motifs is 1.